The Morgan fingerprint density at radius 3 is 2.47 bits per heavy atom. The smallest absolute Gasteiger partial charge is 0.266 e. The number of oxazole rings is 1. The molecule has 178 valence electrons. The molecule has 2 aromatic heterocycles. The monoisotopic (exact) mass is 464 g/mol. The lowest BCUT2D eigenvalue weighted by molar-refractivity contribution is 0.0744. The summed E-state index contributed by atoms with van der Waals surface area (Å²) in [6, 6.07) is 10.9. The fraction of sp³-hybridized carbons (Fsp3) is 0.400. The number of carbonyl (C=O) groups is 1. The SMILES string of the molecule is CCCOc1ccc(C(=O)N2CCN(c3oc(-c4ccco4)nc3C#N)CC2)cc1OCCC. The minimum Gasteiger partial charge on any atom is -0.490 e. The lowest BCUT2D eigenvalue weighted by atomic mass is 10.1. The van der Waals surface area contributed by atoms with Crippen molar-refractivity contribution in [3.63, 3.8) is 0 Å². The zero-order valence-electron chi connectivity index (χ0n) is 19.5. The van der Waals surface area contributed by atoms with Gasteiger partial charge in [0.25, 0.3) is 11.8 Å². The number of rotatable bonds is 9. The molecule has 9 heteroatoms. The van der Waals surface area contributed by atoms with E-state index in [1.807, 2.05) is 18.7 Å². The molecule has 3 aromatic rings. The molecule has 0 N–H and O–H groups in total. The first-order valence-corrected chi connectivity index (χ1v) is 11.5. The van der Waals surface area contributed by atoms with Gasteiger partial charge in [-0.1, -0.05) is 13.8 Å². The van der Waals surface area contributed by atoms with E-state index in [0.29, 0.717) is 68.1 Å². The van der Waals surface area contributed by atoms with Gasteiger partial charge in [-0.25, -0.2) is 0 Å². The summed E-state index contributed by atoms with van der Waals surface area (Å²) >= 11 is 0. The molecule has 0 spiro atoms. The molecule has 1 aliphatic rings. The molecule has 0 atom stereocenters. The van der Waals surface area contributed by atoms with Gasteiger partial charge in [0.05, 0.1) is 19.5 Å². The minimum absolute atomic E-state index is 0.0719. The quantitative estimate of drug-likeness (QED) is 0.460. The van der Waals surface area contributed by atoms with E-state index < -0.39 is 0 Å². The molecular formula is C25H28N4O5. The van der Waals surface area contributed by atoms with Gasteiger partial charge in [0, 0.05) is 31.7 Å². The van der Waals surface area contributed by atoms with Crippen LogP contribution in [0.3, 0.4) is 0 Å². The molecule has 1 amide bonds. The Morgan fingerprint density at radius 2 is 1.82 bits per heavy atom. The average Bonchev–Trinajstić information content (AvgIpc) is 3.56. The van der Waals surface area contributed by atoms with Gasteiger partial charge in [-0.05, 0) is 43.2 Å². The third kappa shape index (κ3) is 5.01. The van der Waals surface area contributed by atoms with Crippen LogP contribution in [0.5, 0.6) is 11.5 Å². The van der Waals surface area contributed by atoms with E-state index in [0.717, 1.165) is 12.8 Å². The van der Waals surface area contributed by atoms with E-state index in [-0.39, 0.29) is 17.5 Å². The highest BCUT2D eigenvalue weighted by Gasteiger charge is 2.28. The van der Waals surface area contributed by atoms with Gasteiger partial charge in [0.1, 0.15) is 6.07 Å². The molecule has 0 unspecified atom stereocenters. The second-order valence-corrected chi connectivity index (χ2v) is 7.90. The first-order chi connectivity index (χ1) is 16.6. The lowest BCUT2D eigenvalue weighted by Crippen LogP contribution is -2.48. The van der Waals surface area contributed by atoms with Crippen LogP contribution in [0, 0.1) is 11.3 Å². The first-order valence-electron chi connectivity index (χ1n) is 11.5. The molecule has 9 nitrogen and oxygen atoms in total. The van der Waals surface area contributed by atoms with Crippen LogP contribution in [-0.4, -0.2) is 55.2 Å². The number of benzene rings is 1. The molecule has 1 aliphatic heterocycles. The highest BCUT2D eigenvalue weighted by atomic mass is 16.5. The summed E-state index contributed by atoms with van der Waals surface area (Å²) in [4.78, 5) is 21.1. The van der Waals surface area contributed by atoms with Crippen LogP contribution >= 0.6 is 0 Å². The molecule has 1 saturated heterocycles. The van der Waals surface area contributed by atoms with E-state index in [1.54, 1.807) is 35.2 Å². The Bertz CT molecular complexity index is 1140. The zero-order valence-corrected chi connectivity index (χ0v) is 19.5. The van der Waals surface area contributed by atoms with Crippen molar-refractivity contribution in [2.45, 2.75) is 26.7 Å². The third-order valence-electron chi connectivity index (χ3n) is 5.42. The highest BCUT2D eigenvalue weighted by molar-refractivity contribution is 5.95. The van der Waals surface area contributed by atoms with E-state index in [2.05, 4.69) is 11.1 Å². The van der Waals surface area contributed by atoms with Crippen molar-refractivity contribution >= 4 is 11.8 Å². The summed E-state index contributed by atoms with van der Waals surface area (Å²) in [5.74, 6) is 2.29. The van der Waals surface area contributed by atoms with Crippen molar-refractivity contribution in [1.82, 2.24) is 9.88 Å². The number of anilines is 1. The molecule has 0 saturated carbocycles. The van der Waals surface area contributed by atoms with Gasteiger partial charge >= 0.3 is 0 Å². The van der Waals surface area contributed by atoms with Gasteiger partial charge in [0.2, 0.25) is 11.6 Å². The van der Waals surface area contributed by atoms with Crippen LogP contribution < -0.4 is 14.4 Å². The highest BCUT2D eigenvalue weighted by Crippen LogP contribution is 2.31. The maximum Gasteiger partial charge on any atom is 0.266 e. The number of hydrogen-bond donors (Lipinski definition) is 0. The first kappa shape index (κ1) is 23.2. The fourth-order valence-corrected chi connectivity index (χ4v) is 3.70. The zero-order chi connectivity index (χ0) is 23.9. The summed E-state index contributed by atoms with van der Waals surface area (Å²) in [6.07, 6.45) is 3.28. The van der Waals surface area contributed by atoms with Crippen molar-refractivity contribution < 1.29 is 23.1 Å². The number of amides is 1. The van der Waals surface area contributed by atoms with Crippen LogP contribution in [0.25, 0.3) is 11.7 Å². The number of hydrogen-bond acceptors (Lipinski definition) is 8. The van der Waals surface area contributed by atoms with E-state index >= 15 is 0 Å². The molecular weight excluding hydrogens is 436 g/mol. The summed E-state index contributed by atoms with van der Waals surface area (Å²) in [6.45, 7) is 7.22. The molecule has 3 heterocycles. The number of ether oxygens (including phenoxy) is 2. The maximum atomic E-state index is 13.2. The summed E-state index contributed by atoms with van der Waals surface area (Å²) in [5, 5.41) is 9.50. The summed E-state index contributed by atoms with van der Waals surface area (Å²) in [7, 11) is 0. The molecule has 0 aliphatic carbocycles. The number of carbonyl (C=O) groups excluding carboxylic acids is 1. The topological polar surface area (TPSA) is 105 Å². The number of aromatic nitrogens is 1. The fourth-order valence-electron chi connectivity index (χ4n) is 3.70. The van der Waals surface area contributed by atoms with E-state index in [4.69, 9.17) is 18.3 Å². The average molecular weight is 465 g/mol. The van der Waals surface area contributed by atoms with Gasteiger partial charge in [-0.2, -0.15) is 10.2 Å². The van der Waals surface area contributed by atoms with Crippen molar-refractivity contribution in [2.75, 3.05) is 44.3 Å². The molecule has 1 fully saturated rings. The van der Waals surface area contributed by atoms with Crippen LogP contribution in [0.15, 0.2) is 45.4 Å². The second-order valence-electron chi connectivity index (χ2n) is 7.90. The van der Waals surface area contributed by atoms with Crippen molar-refractivity contribution in [3.05, 3.63) is 47.9 Å². The normalized spacial score (nSPS) is 13.6. The maximum absolute atomic E-state index is 13.2. The predicted octanol–water partition coefficient (Wildman–Crippen LogP) is 4.35. The van der Waals surface area contributed by atoms with Crippen LogP contribution in [-0.2, 0) is 0 Å². The van der Waals surface area contributed by atoms with Crippen LogP contribution in [0.4, 0.5) is 5.88 Å². The van der Waals surface area contributed by atoms with Gasteiger partial charge in [-0.3, -0.25) is 4.79 Å². The van der Waals surface area contributed by atoms with Crippen molar-refractivity contribution in [2.24, 2.45) is 0 Å². The molecule has 34 heavy (non-hydrogen) atoms. The standard InChI is InChI=1S/C25H28N4O5/c1-3-13-31-20-8-7-18(16-22(20)32-14-4-2)24(30)28-9-11-29(12-10-28)25-19(17-26)27-23(34-25)21-6-5-15-33-21/h5-8,15-16H,3-4,9-14H2,1-2H3. The molecule has 0 radical (unpaired) electrons. The lowest BCUT2D eigenvalue weighted by Gasteiger charge is -2.34. The number of furan rings is 1. The Hall–Kier alpha value is -3.93. The number of nitriles is 1. The van der Waals surface area contributed by atoms with Crippen molar-refractivity contribution in [1.29, 1.82) is 5.26 Å². The third-order valence-corrected chi connectivity index (χ3v) is 5.42. The minimum atomic E-state index is -0.0719. The van der Waals surface area contributed by atoms with Crippen LogP contribution in [0.2, 0.25) is 0 Å². The molecule has 4 rings (SSSR count). The van der Waals surface area contributed by atoms with Gasteiger partial charge in [-0.15, -0.1) is 0 Å². The number of nitrogens with zero attached hydrogens (tertiary/aromatic N) is 4. The largest absolute Gasteiger partial charge is 0.490 e. The van der Waals surface area contributed by atoms with Crippen LogP contribution in [0.1, 0.15) is 42.7 Å². The summed E-state index contributed by atoms with van der Waals surface area (Å²) in [5.41, 5.74) is 0.757. The van der Waals surface area contributed by atoms with E-state index in [9.17, 15) is 10.1 Å². The van der Waals surface area contributed by atoms with Gasteiger partial charge in [0.15, 0.2) is 17.3 Å². The Balaban J connectivity index is 1.44. The number of piperazine rings is 1. The Labute approximate surface area is 198 Å². The Morgan fingerprint density at radius 1 is 1.09 bits per heavy atom. The van der Waals surface area contributed by atoms with Gasteiger partial charge < -0.3 is 28.1 Å². The Kier molecular flexibility index (Phi) is 7.38. The van der Waals surface area contributed by atoms with Crippen molar-refractivity contribution in [3.8, 4) is 29.2 Å². The molecule has 0 bridgehead atoms. The predicted molar refractivity (Wildman–Crippen MR) is 125 cm³/mol. The summed E-state index contributed by atoms with van der Waals surface area (Å²) < 4.78 is 22.8. The molecule has 1 aromatic carbocycles. The second kappa shape index (κ2) is 10.8. The van der Waals surface area contributed by atoms with E-state index in [1.165, 1.54) is 6.26 Å².